The fraction of sp³-hybridized carbons (Fsp3) is 0.429. The average Bonchev–Trinajstić information content (AvgIpc) is 2.24. The average molecular weight is 219 g/mol. The summed E-state index contributed by atoms with van der Waals surface area (Å²) in [5.41, 5.74) is 1.42. The van der Waals surface area contributed by atoms with Gasteiger partial charge in [0.1, 0.15) is 12.4 Å². The molecule has 2 heteroatoms. The molecular formula is C14H21NO. The van der Waals surface area contributed by atoms with Gasteiger partial charge >= 0.3 is 0 Å². The Kier molecular flexibility index (Phi) is 4.56. The highest BCUT2D eigenvalue weighted by molar-refractivity contribution is 5.27. The lowest BCUT2D eigenvalue weighted by Crippen LogP contribution is -2.34. The van der Waals surface area contributed by atoms with Gasteiger partial charge in [0.25, 0.3) is 0 Å². The normalized spacial score (nSPS) is 11.2. The summed E-state index contributed by atoms with van der Waals surface area (Å²) < 4.78 is 5.42. The largest absolute Gasteiger partial charge is 0.490 e. The van der Waals surface area contributed by atoms with E-state index in [2.05, 4.69) is 44.8 Å². The van der Waals surface area contributed by atoms with E-state index in [0.717, 1.165) is 12.3 Å². The van der Waals surface area contributed by atoms with Gasteiger partial charge in [-0.3, -0.25) is 0 Å². The van der Waals surface area contributed by atoms with Crippen LogP contribution < -0.4 is 10.1 Å². The molecular weight excluding hydrogens is 198 g/mol. The van der Waals surface area contributed by atoms with Crippen LogP contribution in [0, 0.1) is 0 Å². The number of hydrogen-bond donors (Lipinski definition) is 1. The van der Waals surface area contributed by atoms with E-state index in [1.54, 1.807) is 6.08 Å². The molecule has 0 unspecified atom stereocenters. The third kappa shape index (κ3) is 4.99. The van der Waals surface area contributed by atoms with Gasteiger partial charge in [-0.1, -0.05) is 24.8 Å². The van der Waals surface area contributed by atoms with Crippen molar-refractivity contribution in [2.24, 2.45) is 0 Å². The molecule has 1 aromatic carbocycles. The first kappa shape index (κ1) is 12.8. The molecule has 0 saturated heterocycles. The van der Waals surface area contributed by atoms with Gasteiger partial charge in [0.15, 0.2) is 0 Å². The summed E-state index contributed by atoms with van der Waals surface area (Å²) in [4.78, 5) is 0. The first-order chi connectivity index (χ1) is 7.51. The van der Waals surface area contributed by atoms with Crippen LogP contribution in [0.15, 0.2) is 36.9 Å². The van der Waals surface area contributed by atoms with E-state index < -0.39 is 0 Å². The molecule has 0 aliphatic heterocycles. The first-order valence-electron chi connectivity index (χ1n) is 5.59. The molecule has 0 bridgehead atoms. The Morgan fingerprint density at radius 2 is 1.88 bits per heavy atom. The van der Waals surface area contributed by atoms with Gasteiger partial charge in [0.2, 0.25) is 0 Å². The molecule has 0 aliphatic carbocycles. The van der Waals surface area contributed by atoms with E-state index >= 15 is 0 Å². The predicted octanol–water partition coefficient (Wildman–Crippen LogP) is 3.14. The van der Waals surface area contributed by atoms with Gasteiger partial charge in [0.05, 0.1) is 0 Å². The molecule has 0 aromatic heterocycles. The van der Waals surface area contributed by atoms with Gasteiger partial charge in [-0.05, 0) is 38.5 Å². The molecule has 0 heterocycles. The fourth-order valence-electron chi connectivity index (χ4n) is 1.23. The minimum absolute atomic E-state index is 0.151. The highest BCUT2D eigenvalue weighted by Gasteiger charge is 2.07. The molecule has 2 nitrogen and oxygen atoms in total. The van der Waals surface area contributed by atoms with Crippen LogP contribution in [0.2, 0.25) is 0 Å². The second-order valence-corrected chi connectivity index (χ2v) is 4.85. The fourth-order valence-corrected chi connectivity index (χ4v) is 1.23. The third-order valence-electron chi connectivity index (χ3n) is 2.11. The highest BCUT2D eigenvalue weighted by Crippen LogP contribution is 2.12. The maximum Gasteiger partial charge on any atom is 0.119 e. The Morgan fingerprint density at radius 1 is 1.25 bits per heavy atom. The lowest BCUT2D eigenvalue weighted by Gasteiger charge is -2.20. The Hall–Kier alpha value is -1.28. The molecule has 0 fully saturated rings. The monoisotopic (exact) mass is 219 g/mol. The summed E-state index contributed by atoms with van der Waals surface area (Å²) in [5, 5.41) is 3.44. The topological polar surface area (TPSA) is 21.3 Å². The Labute approximate surface area is 98.3 Å². The molecule has 16 heavy (non-hydrogen) atoms. The van der Waals surface area contributed by atoms with E-state index in [0.29, 0.717) is 6.61 Å². The zero-order valence-electron chi connectivity index (χ0n) is 10.4. The predicted molar refractivity (Wildman–Crippen MR) is 68.7 cm³/mol. The van der Waals surface area contributed by atoms with E-state index in [4.69, 9.17) is 4.74 Å². The number of hydrogen-bond acceptors (Lipinski definition) is 2. The maximum absolute atomic E-state index is 5.42. The molecule has 0 radical (unpaired) electrons. The molecule has 0 atom stereocenters. The molecule has 0 aliphatic rings. The molecule has 88 valence electrons. The molecule has 1 aromatic rings. The van der Waals surface area contributed by atoms with E-state index in [9.17, 15) is 0 Å². The molecule has 1 rings (SSSR count). The van der Waals surface area contributed by atoms with E-state index in [1.807, 2.05) is 12.1 Å². The summed E-state index contributed by atoms with van der Waals surface area (Å²) in [6, 6.07) is 8.14. The number of rotatable bonds is 5. The maximum atomic E-state index is 5.42. The van der Waals surface area contributed by atoms with Gasteiger partial charge in [-0.25, -0.2) is 0 Å². The minimum atomic E-state index is 0.151. The van der Waals surface area contributed by atoms with Crippen molar-refractivity contribution in [1.82, 2.24) is 5.32 Å². The van der Waals surface area contributed by atoms with E-state index in [-0.39, 0.29) is 5.54 Å². The zero-order chi connectivity index (χ0) is 12.0. The highest BCUT2D eigenvalue weighted by atomic mass is 16.5. The van der Waals surface area contributed by atoms with Crippen molar-refractivity contribution in [2.75, 3.05) is 6.61 Å². The first-order valence-corrected chi connectivity index (χ1v) is 5.59. The second-order valence-electron chi connectivity index (χ2n) is 4.85. The summed E-state index contributed by atoms with van der Waals surface area (Å²) in [5.74, 6) is 0.888. The molecule has 0 saturated carbocycles. The number of nitrogens with one attached hydrogen (secondary N) is 1. The van der Waals surface area contributed by atoms with Crippen LogP contribution in [0.25, 0.3) is 0 Å². The quantitative estimate of drug-likeness (QED) is 0.768. The smallest absolute Gasteiger partial charge is 0.119 e. The summed E-state index contributed by atoms with van der Waals surface area (Å²) in [6.07, 6.45) is 1.75. The molecule has 1 N–H and O–H groups in total. The van der Waals surface area contributed by atoms with Crippen LogP contribution in [-0.4, -0.2) is 12.1 Å². The van der Waals surface area contributed by atoms with Gasteiger partial charge in [-0.2, -0.15) is 0 Å². The molecule has 0 amide bonds. The standard InChI is InChI=1S/C14H21NO/c1-5-10-16-13-8-6-12(7-9-13)11-15-14(2,3)4/h5-9,15H,1,10-11H2,2-4H3. The number of benzene rings is 1. The van der Waals surface area contributed by atoms with Crippen molar-refractivity contribution in [3.05, 3.63) is 42.5 Å². The SMILES string of the molecule is C=CCOc1ccc(CNC(C)(C)C)cc1. The zero-order valence-corrected chi connectivity index (χ0v) is 10.4. The van der Waals surface area contributed by atoms with Crippen molar-refractivity contribution in [3.63, 3.8) is 0 Å². The van der Waals surface area contributed by atoms with Crippen molar-refractivity contribution in [2.45, 2.75) is 32.9 Å². The van der Waals surface area contributed by atoms with Crippen LogP contribution in [-0.2, 0) is 6.54 Å². The van der Waals surface area contributed by atoms with Crippen LogP contribution in [0.1, 0.15) is 26.3 Å². The van der Waals surface area contributed by atoms with Crippen LogP contribution in [0.4, 0.5) is 0 Å². The van der Waals surface area contributed by atoms with Crippen LogP contribution >= 0.6 is 0 Å². The van der Waals surface area contributed by atoms with Gasteiger partial charge < -0.3 is 10.1 Å². The van der Waals surface area contributed by atoms with Crippen molar-refractivity contribution in [3.8, 4) is 5.75 Å². The summed E-state index contributed by atoms with van der Waals surface area (Å²) in [6.45, 7) is 11.5. The summed E-state index contributed by atoms with van der Waals surface area (Å²) >= 11 is 0. The van der Waals surface area contributed by atoms with Crippen LogP contribution in [0.3, 0.4) is 0 Å². The lowest BCUT2D eigenvalue weighted by molar-refractivity contribution is 0.363. The lowest BCUT2D eigenvalue weighted by atomic mass is 10.1. The van der Waals surface area contributed by atoms with E-state index in [1.165, 1.54) is 5.56 Å². The number of ether oxygens (including phenoxy) is 1. The third-order valence-corrected chi connectivity index (χ3v) is 2.11. The Bertz CT molecular complexity index is 322. The van der Waals surface area contributed by atoms with Gasteiger partial charge in [-0.15, -0.1) is 0 Å². The van der Waals surface area contributed by atoms with Crippen LogP contribution in [0.5, 0.6) is 5.75 Å². The molecule has 0 spiro atoms. The Morgan fingerprint density at radius 3 is 2.38 bits per heavy atom. The van der Waals surface area contributed by atoms with Crippen molar-refractivity contribution < 1.29 is 4.74 Å². The van der Waals surface area contributed by atoms with Gasteiger partial charge in [0, 0.05) is 12.1 Å². The minimum Gasteiger partial charge on any atom is -0.490 e. The van der Waals surface area contributed by atoms with Crippen molar-refractivity contribution >= 4 is 0 Å². The Balaban J connectivity index is 2.48. The summed E-state index contributed by atoms with van der Waals surface area (Å²) in [7, 11) is 0. The second kappa shape index (κ2) is 5.71. The van der Waals surface area contributed by atoms with Crippen molar-refractivity contribution in [1.29, 1.82) is 0 Å².